The largest absolute Gasteiger partial charge is 0.304 e. The third-order valence-corrected chi connectivity index (χ3v) is 3.60. The Morgan fingerprint density at radius 3 is 2.95 bits per heavy atom. The molecule has 100 valence electrons. The van der Waals surface area contributed by atoms with E-state index in [9.17, 15) is 14.5 Å². The van der Waals surface area contributed by atoms with Crippen LogP contribution in [-0.2, 0) is 6.54 Å². The summed E-state index contributed by atoms with van der Waals surface area (Å²) in [4.78, 5) is 13.9. The highest BCUT2D eigenvalue weighted by Gasteiger charge is 2.14. The van der Waals surface area contributed by atoms with Crippen LogP contribution in [0.25, 0.3) is 0 Å². The van der Waals surface area contributed by atoms with Gasteiger partial charge >= 0.3 is 5.69 Å². The quantitative estimate of drug-likeness (QED) is 0.675. The van der Waals surface area contributed by atoms with Crippen molar-refractivity contribution in [3.05, 3.63) is 56.3 Å². The lowest BCUT2D eigenvalue weighted by atomic mass is 10.2. The van der Waals surface area contributed by atoms with Crippen LogP contribution in [-0.4, -0.2) is 9.91 Å². The Bertz CT molecular complexity index is 574. The van der Waals surface area contributed by atoms with Crippen molar-refractivity contribution in [2.75, 3.05) is 0 Å². The highest BCUT2D eigenvalue weighted by molar-refractivity contribution is 7.09. The van der Waals surface area contributed by atoms with Gasteiger partial charge < -0.3 is 5.32 Å². The third-order valence-electron chi connectivity index (χ3n) is 2.64. The molecule has 0 amide bonds. The van der Waals surface area contributed by atoms with E-state index in [2.05, 4.69) is 10.3 Å². The van der Waals surface area contributed by atoms with Crippen molar-refractivity contribution in [1.29, 1.82) is 0 Å². The molecule has 0 spiro atoms. The minimum Gasteiger partial charge on any atom is -0.304 e. The van der Waals surface area contributed by atoms with Gasteiger partial charge in [0, 0.05) is 24.2 Å². The van der Waals surface area contributed by atoms with E-state index < -0.39 is 16.4 Å². The predicted molar refractivity (Wildman–Crippen MR) is 70.4 cm³/mol. The molecule has 1 aromatic carbocycles. The van der Waals surface area contributed by atoms with Crippen LogP contribution >= 0.6 is 11.3 Å². The molecule has 1 heterocycles. The fourth-order valence-electron chi connectivity index (χ4n) is 1.62. The summed E-state index contributed by atoms with van der Waals surface area (Å²) in [5, 5.41) is 16.5. The van der Waals surface area contributed by atoms with Gasteiger partial charge in [-0.15, -0.1) is 11.3 Å². The second-order valence-corrected chi connectivity index (χ2v) is 4.94. The van der Waals surface area contributed by atoms with E-state index in [-0.39, 0.29) is 6.04 Å². The number of hydrogen-bond acceptors (Lipinski definition) is 5. The third kappa shape index (κ3) is 3.33. The standard InChI is InChI=1S/C12H12FN3O2S/c1-8(12-14-4-5-19-12)15-7-9-2-3-11(16(17)18)10(13)6-9/h2-6,8,15H,7H2,1H3. The summed E-state index contributed by atoms with van der Waals surface area (Å²) in [6, 6.07) is 3.96. The molecule has 1 N–H and O–H groups in total. The molecule has 0 saturated heterocycles. The Morgan fingerprint density at radius 1 is 1.58 bits per heavy atom. The number of nitro groups is 1. The molecule has 2 aromatic rings. The van der Waals surface area contributed by atoms with Crippen LogP contribution in [0.2, 0.25) is 0 Å². The van der Waals surface area contributed by atoms with Gasteiger partial charge in [0.25, 0.3) is 0 Å². The summed E-state index contributed by atoms with van der Waals surface area (Å²) in [7, 11) is 0. The number of aromatic nitrogens is 1. The van der Waals surface area contributed by atoms with Gasteiger partial charge in [0.2, 0.25) is 5.82 Å². The molecule has 1 atom stereocenters. The van der Waals surface area contributed by atoms with E-state index in [1.54, 1.807) is 12.3 Å². The summed E-state index contributed by atoms with van der Waals surface area (Å²) < 4.78 is 13.4. The van der Waals surface area contributed by atoms with Gasteiger partial charge in [0.15, 0.2) is 0 Å². The Balaban J connectivity index is 2.00. The van der Waals surface area contributed by atoms with Crippen molar-refractivity contribution in [2.24, 2.45) is 0 Å². The molecule has 7 heteroatoms. The molecule has 0 fully saturated rings. The van der Waals surface area contributed by atoms with Crippen LogP contribution in [0, 0.1) is 15.9 Å². The zero-order chi connectivity index (χ0) is 13.8. The molecule has 1 aromatic heterocycles. The van der Waals surface area contributed by atoms with Crippen molar-refractivity contribution in [3.8, 4) is 0 Å². The molecular formula is C12H12FN3O2S. The summed E-state index contributed by atoms with van der Waals surface area (Å²) in [5.74, 6) is -0.814. The van der Waals surface area contributed by atoms with Gasteiger partial charge in [-0.05, 0) is 18.6 Å². The minimum absolute atomic E-state index is 0.0539. The van der Waals surface area contributed by atoms with Gasteiger partial charge in [0.1, 0.15) is 5.01 Å². The summed E-state index contributed by atoms with van der Waals surface area (Å²) in [6.07, 6.45) is 1.73. The van der Waals surface area contributed by atoms with E-state index in [1.165, 1.54) is 23.5 Å². The SMILES string of the molecule is CC(NCc1ccc([N+](=O)[O-])c(F)c1)c1nccs1. The smallest absolute Gasteiger partial charge is 0.304 e. The zero-order valence-electron chi connectivity index (χ0n) is 10.2. The first-order chi connectivity index (χ1) is 9.08. The molecule has 0 radical (unpaired) electrons. The van der Waals surface area contributed by atoms with E-state index >= 15 is 0 Å². The molecule has 0 bridgehead atoms. The fraction of sp³-hybridized carbons (Fsp3) is 0.250. The topological polar surface area (TPSA) is 68.1 Å². The second kappa shape index (κ2) is 5.85. The number of benzene rings is 1. The normalized spacial score (nSPS) is 12.3. The van der Waals surface area contributed by atoms with Crippen molar-refractivity contribution in [3.63, 3.8) is 0 Å². The monoisotopic (exact) mass is 281 g/mol. The first kappa shape index (κ1) is 13.6. The van der Waals surface area contributed by atoms with Crippen molar-refractivity contribution in [2.45, 2.75) is 19.5 Å². The highest BCUT2D eigenvalue weighted by Crippen LogP contribution is 2.19. The van der Waals surface area contributed by atoms with Crippen LogP contribution in [0.15, 0.2) is 29.8 Å². The summed E-state index contributed by atoms with van der Waals surface area (Å²) in [6.45, 7) is 2.39. The average Bonchev–Trinajstić information content (AvgIpc) is 2.89. The molecule has 0 aliphatic rings. The minimum atomic E-state index is -0.814. The fourth-order valence-corrected chi connectivity index (χ4v) is 2.29. The molecule has 5 nitrogen and oxygen atoms in total. The molecule has 0 aliphatic heterocycles. The first-order valence-electron chi connectivity index (χ1n) is 5.63. The van der Waals surface area contributed by atoms with Crippen LogP contribution < -0.4 is 5.32 Å². The Morgan fingerprint density at radius 2 is 2.37 bits per heavy atom. The number of nitro benzene ring substituents is 1. The average molecular weight is 281 g/mol. The summed E-state index contributed by atoms with van der Waals surface area (Å²) in [5.41, 5.74) is 0.156. The van der Waals surface area contributed by atoms with Crippen LogP contribution in [0.3, 0.4) is 0 Å². The van der Waals surface area contributed by atoms with Gasteiger partial charge in [-0.25, -0.2) is 4.98 Å². The summed E-state index contributed by atoms with van der Waals surface area (Å²) >= 11 is 1.54. The number of halogens is 1. The molecule has 19 heavy (non-hydrogen) atoms. The maximum atomic E-state index is 13.4. The Kier molecular flexibility index (Phi) is 4.18. The van der Waals surface area contributed by atoms with Gasteiger partial charge in [-0.1, -0.05) is 6.07 Å². The van der Waals surface area contributed by atoms with Crippen LogP contribution in [0.1, 0.15) is 23.5 Å². The van der Waals surface area contributed by atoms with Crippen LogP contribution in [0.4, 0.5) is 10.1 Å². The van der Waals surface area contributed by atoms with Gasteiger partial charge in [-0.3, -0.25) is 10.1 Å². The first-order valence-corrected chi connectivity index (χ1v) is 6.51. The van der Waals surface area contributed by atoms with Crippen LogP contribution in [0.5, 0.6) is 0 Å². The van der Waals surface area contributed by atoms with Crippen molar-refractivity contribution in [1.82, 2.24) is 10.3 Å². The molecule has 0 saturated carbocycles. The lowest BCUT2D eigenvalue weighted by Gasteiger charge is -2.11. The molecule has 2 rings (SSSR count). The van der Waals surface area contributed by atoms with E-state index in [0.717, 1.165) is 5.01 Å². The van der Waals surface area contributed by atoms with Crippen molar-refractivity contribution >= 4 is 17.0 Å². The zero-order valence-corrected chi connectivity index (χ0v) is 11.0. The van der Waals surface area contributed by atoms with Gasteiger partial charge in [-0.2, -0.15) is 4.39 Å². The second-order valence-electron chi connectivity index (χ2n) is 4.02. The Labute approximate surface area is 113 Å². The number of thiazole rings is 1. The molecule has 0 aliphatic carbocycles. The Hall–Kier alpha value is -1.86. The lowest BCUT2D eigenvalue weighted by molar-refractivity contribution is -0.387. The number of rotatable bonds is 5. The van der Waals surface area contributed by atoms with E-state index in [0.29, 0.717) is 12.1 Å². The maximum absolute atomic E-state index is 13.4. The van der Waals surface area contributed by atoms with E-state index in [1.807, 2.05) is 12.3 Å². The van der Waals surface area contributed by atoms with Crippen molar-refractivity contribution < 1.29 is 9.31 Å². The van der Waals surface area contributed by atoms with Gasteiger partial charge in [0.05, 0.1) is 11.0 Å². The maximum Gasteiger partial charge on any atom is 0.304 e. The predicted octanol–water partition coefficient (Wildman–Crippen LogP) is 3.04. The molecule has 1 unspecified atom stereocenters. The molecular weight excluding hydrogens is 269 g/mol. The van der Waals surface area contributed by atoms with E-state index in [4.69, 9.17) is 0 Å². The highest BCUT2D eigenvalue weighted by atomic mass is 32.1. The number of nitrogens with zero attached hydrogens (tertiary/aromatic N) is 2. The lowest BCUT2D eigenvalue weighted by Crippen LogP contribution is -2.18. The number of nitrogens with one attached hydrogen (secondary N) is 1. The number of hydrogen-bond donors (Lipinski definition) is 1.